The molecule has 0 aromatic heterocycles. The molecular weight excluding hydrogens is 160 g/mol. The Morgan fingerprint density at radius 2 is 2.08 bits per heavy atom. The first-order valence-electron chi connectivity index (χ1n) is 3.72. The van der Waals surface area contributed by atoms with Crippen molar-refractivity contribution in [1.82, 2.24) is 0 Å². The minimum absolute atomic E-state index is 0.00792. The summed E-state index contributed by atoms with van der Waals surface area (Å²) in [5, 5.41) is 18.0. The van der Waals surface area contributed by atoms with Crippen molar-refractivity contribution in [2.75, 3.05) is 0 Å². The molecule has 0 fully saturated rings. The molecule has 0 heterocycles. The van der Waals surface area contributed by atoms with Gasteiger partial charge in [-0.15, -0.1) is 0 Å². The summed E-state index contributed by atoms with van der Waals surface area (Å²) in [5.74, 6) is -3.15. The largest absolute Gasteiger partial charge is 0.405 e. The Morgan fingerprint density at radius 3 is 2.42 bits per heavy atom. The second kappa shape index (κ2) is 4.23. The van der Waals surface area contributed by atoms with E-state index in [4.69, 9.17) is 10.2 Å². The first kappa shape index (κ1) is 11.1. The molecule has 12 heavy (non-hydrogen) atoms. The van der Waals surface area contributed by atoms with Crippen LogP contribution in [0.1, 0.15) is 26.7 Å². The third-order valence-corrected chi connectivity index (χ3v) is 1.18. The van der Waals surface area contributed by atoms with Crippen LogP contribution in [0.4, 0.5) is 0 Å². The SMILES string of the molecule is C=C(C)C(=O)OC(O)(O)CCC. The van der Waals surface area contributed by atoms with E-state index in [9.17, 15) is 4.79 Å². The Labute approximate surface area is 71.5 Å². The van der Waals surface area contributed by atoms with Gasteiger partial charge in [-0.2, -0.15) is 0 Å². The van der Waals surface area contributed by atoms with Crippen LogP contribution in [0.15, 0.2) is 12.2 Å². The summed E-state index contributed by atoms with van der Waals surface area (Å²) in [6.45, 7) is 6.48. The van der Waals surface area contributed by atoms with Gasteiger partial charge in [-0.05, 0) is 13.3 Å². The van der Waals surface area contributed by atoms with E-state index in [2.05, 4.69) is 11.3 Å². The van der Waals surface area contributed by atoms with E-state index in [1.165, 1.54) is 6.92 Å². The normalized spacial score (nSPS) is 11.0. The lowest BCUT2D eigenvalue weighted by molar-refractivity contribution is -0.320. The molecule has 2 N–H and O–H groups in total. The van der Waals surface area contributed by atoms with Crippen LogP contribution >= 0.6 is 0 Å². The van der Waals surface area contributed by atoms with Gasteiger partial charge in [0.2, 0.25) is 0 Å². The number of carbonyl (C=O) groups excluding carboxylic acids is 1. The summed E-state index contributed by atoms with van der Waals surface area (Å²) < 4.78 is 4.31. The Balaban J connectivity index is 4.05. The van der Waals surface area contributed by atoms with Crippen molar-refractivity contribution in [1.29, 1.82) is 0 Å². The summed E-state index contributed by atoms with van der Waals surface area (Å²) >= 11 is 0. The van der Waals surface area contributed by atoms with Crippen LogP contribution in [0.25, 0.3) is 0 Å². The van der Waals surface area contributed by atoms with Crippen LogP contribution in [0.3, 0.4) is 0 Å². The molecule has 0 rings (SSSR count). The highest BCUT2D eigenvalue weighted by Crippen LogP contribution is 2.12. The molecule has 0 radical (unpaired) electrons. The van der Waals surface area contributed by atoms with Gasteiger partial charge in [0.25, 0.3) is 0 Å². The van der Waals surface area contributed by atoms with Gasteiger partial charge in [-0.3, -0.25) is 0 Å². The number of hydrogen-bond acceptors (Lipinski definition) is 4. The van der Waals surface area contributed by atoms with E-state index in [1.54, 1.807) is 6.92 Å². The zero-order chi connectivity index (χ0) is 9.78. The molecule has 0 amide bonds. The summed E-state index contributed by atoms with van der Waals surface area (Å²) in [4.78, 5) is 10.8. The Kier molecular flexibility index (Phi) is 3.92. The van der Waals surface area contributed by atoms with Crippen molar-refractivity contribution in [3.8, 4) is 0 Å². The molecule has 0 bridgehead atoms. The van der Waals surface area contributed by atoms with E-state index in [1.807, 2.05) is 0 Å². The van der Waals surface area contributed by atoms with E-state index < -0.39 is 11.9 Å². The highest BCUT2D eigenvalue weighted by Gasteiger charge is 2.27. The van der Waals surface area contributed by atoms with Crippen molar-refractivity contribution in [2.45, 2.75) is 32.7 Å². The summed E-state index contributed by atoms with van der Waals surface area (Å²) in [6.07, 6.45) is 0.502. The lowest BCUT2D eigenvalue weighted by atomic mass is 10.3. The van der Waals surface area contributed by atoms with Gasteiger partial charge < -0.3 is 14.9 Å². The average molecular weight is 174 g/mol. The van der Waals surface area contributed by atoms with Crippen LogP contribution in [-0.4, -0.2) is 22.2 Å². The van der Waals surface area contributed by atoms with Crippen molar-refractivity contribution >= 4 is 5.97 Å². The van der Waals surface area contributed by atoms with Crippen molar-refractivity contribution in [3.05, 3.63) is 12.2 Å². The fourth-order valence-corrected chi connectivity index (χ4v) is 0.612. The summed E-state index contributed by atoms with van der Waals surface area (Å²) in [6, 6.07) is 0. The molecule has 0 aromatic carbocycles. The molecule has 0 aromatic rings. The molecule has 0 saturated carbocycles. The molecule has 0 atom stereocenters. The monoisotopic (exact) mass is 174 g/mol. The third kappa shape index (κ3) is 4.10. The standard InChI is InChI=1S/C8H14O4/c1-4-5-8(10,11)12-7(9)6(2)3/h10-11H,2,4-5H2,1,3H3. The highest BCUT2D eigenvalue weighted by atomic mass is 16.8. The smallest absolute Gasteiger partial charge is 0.337 e. The number of rotatable bonds is 4. The van der Waals surface area contributed by atoms with E-state index in [0.717, 1.165) is 0 Å². The third-order valence-electron chi connectivity index (χ3n) is 1.18. The van der Waals surface area contributed by atoms with Gasteiger partial charge in [-0.1, -0.05) is 13.5 Å². The lowest BCUT2D eigenvalue weighted by Gasteiger charge is -2.20. The molecule has 0 aliphatic heterocycles. The van der Waals surface area contributed by atoms with Gasteiger partial charge in [-0.25, -0.2) is 4.79 Å². The predicted molar refractivity (Wildman–Crippen MR) is 43.0 cm³/mol. The van der Waals surface area contributed by atoms with E-state index in [-0.39, 0.29) is 12.0 Å². The summed E-state index contributed by atoms with van der Waals surface area (Å²) in [5.41, 5.74) is 0.138. The predicted octanol–water partition coefficient (Wildman–Crippen LogP) is 0.544. The molecule has 70 valence electrons. The average Bonchev–Trinajstić information content (AvgIpc) is 1.85. The van der Waals surface area contributed by atoms with Crippen molar-refractivity contribution in [2.24, 2.45) is 0 Å². The quantitative estimate of drug-likeness (QED) is 0.371. The Morgan fingerprint density at radius 1 is 1.58 bits per heavy atom. The maximum absolute atomic E-state index is 10.8. The van der Waals surface area contributed by atoms with Gasteiger partial charge in [0, 0.05) is 12.0 Å². The van der Waals surface area contributed by atoms with Gasteiger partial charge in [0.1, 0.15) is 0 Å². The minimum Gasteiger partial charge on any atom is -0.405 e. The van der Waals surface area contributed by atoms with Crippen LogP contribution < -0.4 is 0 Å². The van der Waals surface area contributed by atoms with Gasteiger partial charge in [0.05, 0.1) is 0 Å². The number of esters is 1. The minimum atomic E-state index is -2.36. The fraction of sp³-hybridized carbons (Fsp3) is 0.625. The molecule has 0 unspecified atom stereocenters. The lowest BCUT2D eigenvalue weighted by Crippen LogP contribution is -2.34. The van der Waals surface area contributed by atoms with Crippen molar-refractivity contribution in [3.63, 3.8) is 0 Å². The zero-order valence-electron chi connectivity index (χ0n) is 7.33. The number of aliphatic hydroxyl groups is 2. The van der Waals surface area contributed by atoms with Crippen LogP contribution in [0.5, 0.6) is 0 Å². The number of ether oxygens (including phenoxy) is 1. The Hall–Kier alpha value is -0.870. The zero-order valence-corrected chi connectivity index (χ0v) is 7.33. The fourth-order valence-electron chi connectivity index (χ4n) is 0.612. The van der Waals surface area contributed by atoms with Crippen LogP contribution in [0, 0.1) is 0 Å². The molecular formula is C8H14O4. The Bertz CT molecular complexity index is 183. The van der Waals surface area contributed by atoms with E-state index >= 15 is 0 Å². The van der Waals surface area contributed by atoms with Crippen LogP contribution in [0.2, 0.25) is 0 Å². The molecule has 4 heteroatoms. The number of carbonyl (C=O) groups is 1. The second-order valence-electron chi connectivity index (χ2n) is 2.66. The molecule has 0 spiro atoms. The summed E-state index contributed by atoms with van der Waals surface area (Å²) in [7, 11) is 0. The van der Waals surface area contributed by atoms with Crippen molar-refractivity contribution < 1.29 is 19.7 Å². The molecule has 0 aliphatic rings. The topological polar surface area (TPSA) is 66.8 Å². The molecule has 4 nitrogen and oxygen atoms in total. The van der Waals surface area contributed by atoms with Gasteiger partial charge in [0.15, 0.2) is 0 Å². The maximum Gasteiger partial charge on any atom is 0.337 e. The highest BCUT2D eigenvalue weighted by molar-refractivity contribution is 5.87. The van der Waals surface area contributed by atoms with Gasteiger partial charge >= 0.3 is 11.9 Å². The second-order valence-corrected chi connectivity index (χ2v) is 2.66. The first-order chi connectivity index (χ1) is 5.39. The molecule has 0 saturated heterocycles. The van der Waals surface area contributed by atoms with Crippen LogP contribution in [-0.2, 0) is 9.53 Å². The van der Waals surface area contributed by atoms with E-state index in [0.29, 0.717) is 6.42 Å². The molecule has 0 aliphatic carbocycles. The number of hydrogen-bond donors (Lipinski definition) is 2. The first-order valence-corrected chi connectivity index (χ1v) is 3.72. The maximum atomic E-state index is 10.8.